The molecule has 0 fully saturated rings. The van der Waals surface area contributed by atoms with Crippen molar-refractivity contribution in [1.82, 2.24) is 9.97 Å². The lowest BCUT2D eigenvalue weighted by atomic mass is 9.91. The van der Waals surface area contributed by atoms with Crippen molar-refractivity contribution in [3.05, 3.63) is 47.3 Å². The first-order chi connectivity index (χ1) is 11.5. The number of ether oxygens (including phenoxy) is 1. The standard InChI is InChI=1S/C18H19N3O3/c1-12-8-9-19-18(20-12)21(2)17(23)11-24-14-6-7-15-13(10-14)4-3-5-16(15)22/h6-10H,3-5,11H2,1-2H3. The zero-order valence-corrected chi connectivity index (χ0v) is 13.8. The molecule has 0 aliphatic heterocycles. The minimum absolute atomic E-state index is 0.111. The van der Waals surface area contributed by atoms with E-state index in [2.05, 4.69) is 9.97 Å². The first kappa shape index (κ1) is 16.1. The number of likely N-dealkylation sites (N-methyl/N-ethyl adjacent to an activating group) is 1. The number of fused-ring (bicyclic) bond motifs is 1. The number of Topliss-reactive ketones (excluding diaryl/α,β-unsaturated/α-hetero) is 1. The molecule has 0 radical (unpaired) electrons. The predicted molar refractivity (Wildman–Crippen MR) is 89.4 cm³/mol. The fourth-order valence-corrected chi connectivity index (χ4v) is 2.66. The Hall–Kier alpha value is -2.76. The van der Waals surface area contributed by atoms with Gasteiger partial charge in [0, 0.05) is 30.9 Å². The van der Waals surface area contributed by atoms with Gasteiger partial charge in [0.15, 0.2) is 12.4 Å². The lowest BCUT2D eigenvalue weighted by Crippen LogP contribution is -2.32. The van der Waals surface area contributed by atoms with Crippen molar-refractivity contribution in [3.8, 4) is 5.75 Å². The molecule has 1 heterocycles. The van der Waals surface area contributed by atoms with E-state index in [-0.39, 0.29) is 18.3 Å². The average Bonchev–Trinajstić information content (AvgIpc) is 2.59. The third-order valence-electron chi connectivity index (χ3n) is 4.05. The van der Waals surface area contributed by atoms with Crippen LogP contribution in [0.5, 0.6) is 5.75 Å². The van der Waals surface area contributed by atoms with Crippen LogP contribution in [0.3, 0.4) is 0 Å². The van der Waals surface area contributed by atoms with Gasteiger partial charge in [-0.25, -0.2) is 9.97 Å². The molecule has 3 rings (SSSR count). The third-order valence-corrected chi connectivity index (χ3v) is 4.05. The maximum absolute atomic E-state index is 12.2. The van der Waals surface area contributed by atoms with Crippen molar-refractivity contribution < 1.29 is 14.3 Å². The van der Waals surface area contributed by atoms with E-state index in [1.165, 1.54) is 4.90 Å². The predicted octanol–water partition coefficient (Wildman–Crippen LogP) is 2.35. The Bertz CT molecular complexity index is 789. The van der Waals surface area contributed by atoms with E-state index in [1.807, 2.05) is 13.0 Å². The van der Waals surface area contributed by atoms with E-state index in [4.69, 9.17) is 4.74 Å². The number of benzene rings is 1. The second kappa shape index (κ2) is 6.78. The Morgan fingerprint density at radius 1 is 1.29 bits per heavy atom. The Balaban J connectivity index is 1.65. The summed E-state index contributed by atoms with van der Waals surface area (Å²) in [5, 5.41) is 0. The number of hydrogen-bond donors (Lipinski definition) is 0. The lowest BCUT2D eigenvalue weighted by molar-refractivity contribution is -0.120. The van der Waals surface area contributed by atoms with Crippen LogP contribution in [0, 0.1) is 6.92 Å². The minimum atomic E-state index is -0.241. The number of carbonyl (C=O) groups excluding carboxylic acids is 2. The molecule has 2 aromatic rings. The molecule has 6 nitrogen and oxygen atoms in total. The number of nitrogens with zero attached hydrogens (tertiary/aromatic N) is 3. The first-order valence-corrected chi connectivity index (χ1v) is 7.90. The number of rotatable bonds is 4. The molecule has 0 saturated carbocycles. The highest BCUT2D eigenvalue weighted by molar-refractivity contribution is 5.98. The summed E-state index contributed by atoms with van der Waals surface area (Å²) in [6.07, 6.45) is 3.95. The van der Waals surface area contributed by atoms with E-state index in [1.54, 1.807) is 31.4 Å². The fourth-order valence-electron chi connectivity index (χ4n) is 2.66. The summed E-state index contributed by atoms with van der Waals surface area (Å²) in [5.74, 6) is 0.875. The monoisotopic (exact) mass is 325 g/mol. The van der Waals surface area contributed by atoms with Crippen LogP contribution >= 0.6 is 0 Å². The highest BCUT2D eigenvalue weighted by Crippen LogP contribution is 2.25. The largest absolute Gasteiger partial charge is 0.484 e. The van der Waals surface area contributed by atoms with Gasteiger partial charge in [0.1, 0.15) is 5.75 Å². The second-order valence-electron chi connectivity index (χ2n) is 5.84. The number of amides is 1. The third kappa shape index (κ3) is 3.42. The van der Waals surface area contributed by atoms with E-state index in [0.717, 1.165) is 29.7 Å². The van der Waals surface area contributed by atoms with Crippen LogP contribution in [0.15, 0.2) is 30.5 Å². The minimum Gasteiger partial charge on any atom is -0.484 e. The van der Waals surface area contributed by atoms with Crippen LogP contribution in [0.25, 0.3) is 0 Å². The SMILES string of the molecule is Cc1ccnc(N(C)C(=O)COc2ccc3c(c2)CCCC3=O)n1. The van der Waals surface area contributed by atoms with Crippen LogP contribution in [-0.2, 0) is 11.2 Å². The molecule has 0 spiro atoms. The highest BCUT2D eigenvalue weighted by atomic mass is 16.5. The van der Waals surface area contributed by atoms with Gasteiger partial charge in [-0.2, -0.15) is 0 Å². The molecule has 1 aromatic carbocycles. The van der Waals surface area contributed by atoms with Crippen LogP contribution in [0.1, 0.15) is 34.5 Å². The Morgan fingerprint density at radius 3 is 2.92 bits per heavy atom. The molecule has 1 amide bonds. The fraction of sp³-hybridized carbons (Fsp3) is 0.333. The molecule has 124 valence electrons. The Kier molecular flexibility index (Phi) is 4.55. The summed E-state index contributed by atoms with van der Waals surface area (Å²) in [5.41, 5.74) is 2.55. The maximum Gasteiger partial charge on any atom is 0.267 e. The molecule has 24 heavy (non-hydrogen) atoms. The molecule has 0 atom stereocenters. The van der Waals surface area contributed by atoms with Crippen LogP contribution in [0.2, 0.25) is 0 Å². The molecular formula is C18H19N3O3. The van der Waals surface area contributed by atoms with E-state index in [9.17, 15) is 9.59 Å². The summed E-state index contributed by atoms with van der Waals surface area (Å²) in [4.78, 5) is 33.7. The Labute approximate surface area is 140 Å². The van der Waals surface area contributed by atoms with Gasteiger partial charge < -0.3 is 4.74 Å². The van der Waals surface area contributed by atoms with Crippen LogP contribution < -0.4 is 9.64 Å². The van der Waals surface area contributed by atoms with Crippen LogP contribution in [-0.4, -0.2) is 35.3 Å². The quantitative estimate of drug-likeness (QED) is 0.863. The summed E-state index contributed by atoms with van der Waals surface area (Å²) in [7, 11) is 1.62. The number of anilines is 1. The number of aromatic nitrogens is 2. The maximum atomic E-state index is 12.2. The number of hydrogen-bond acceptors (Lipinski definition) is 5. The van der Waals surface area contributed by atoms with E-state index < -0.39 is 0 Å². The van der Waals surface area contributed by atoms with Gasteiger partial charge >= 0.3 is 0 Å². The average molecular weight is 325 g/mol. The molecule has 0 unspecified atom stereocenters. The molecule has 1 aromatic heterocycles. The van der Waals surface area contributed by atoms with Crippen molar-refractivity contribution in [2.75, 3.05) is 18.6 Å². The van der Waals surface area contributed by atoms with Gasteiger partial charge in [-0.1, -0.05) is 0 Å². The molecule has 0 saturated heterocycles. The molecule has 0 N–H and O–H groups in total. The molecule has 1 aliphatic rings. The summed E-state index contributed by atoms with van der Waals surface area (Å²) < 4.78 is 5.58. The topological polar surface area (TPSA) is 72.4 Å². The summed E-state index contributed by atoms with van der Waals surface area (Å²) >= 11 is 0. The number of aryl methyl sites for hydroxylation is 2. The van der Waals surface area contributed by atoms with Crippen molar-refractivity contribution in [1.29, 1.82) is 0 Å². The van der Waals surface area contributed by atoms with Gasteiger partial charge in [0.05, 0.1) is 0 Å². The van der Waals surface area contributed by atoms with Crippen molar-refractivity contribution >= 4 is 17.6 Å². The van der Waals surface area contributed by atoms with Crippen LogP contribution in [0.4, 0.5) is 5.95 Å². The molecule has 1 aliphatic carbocycles. The molecule has 6 heteroatoms. The van der Waals surface area contributed by atoms with Crippen molar-refractivity contribution in [2.45, 2.75) is 26.2 Å². The van der Waals surface area contributed by atoms with E-state index >= 15 is 0 Å². The lowest BCUT2D eigenvalue weighted by Gasteiger charge is -2.17. The molecule has 0 bridgehead atoms. The second-order valence-corrected chi connectivity index (χ2v) is 5.84. The summed E-state index contributed by atoms with van der Waals surface area (Å²) in [6.45, 7) is 1.73. The van der Waals surface area contributed by atoms with Gasteiger partial charge in [-0.15, -0.1) is 0 Å². The van der Waals surface area contributed by atoms with Gasteiger partial charge in [-0.3, -0.25) is 14.5 Å². The normalized spacial score (nSPS) is 13.3. The zero-order valence-electron chi connectivity index (χ0n) is 13.8. The zero-order chi connectivity index (χ0) is 17.1. The highest BCUT2D eigenvalue weighted by Gasteiger charge is 2.18. The Morgan fingerprint density at radius 2 is 2.12 bits per heavy atom. The van der Waals surface area contributed by atoms with E-state index in [0.29, 0.717) is 18.1 Å². The smallest absolute Gasteiger partial charge is 0.267 e. The summed E-state index contributed by atoms with van der Waals surface area (Å²) in [6, 6.07) is 7.14. The number of carbonyl (C=O) groups is 2. The van der Waals surface area contributed by atoms with Crippen molar-refractivity contribution in [2.24, 2.45) is 0 Å². The number of ketones is 1. The van der Waals surface area contributed by atoms with Gasteiger partial charge in [0.25, 0.3) is 5.91 Å². The molecular weight excluding hydrogens is 306 g/mol. The van der Waals surface area contributed by atoms with Crippen molar-refractivity contribution in [3.63, 3.8) is 0 Å². The first-order valence-electron chi connectivity index (χ1n) is 7.90. The van der Waals surface area contributed by atoms with Gasteiger partial charge in [-0.05, 0) is 49.6 Å². The van der Waals surface area contributed by atoms with Gasteiger partial charge in [0.2, 0.25) is 5.95 Å².